The summed E-state index contributed by atoms with van der Waals surface area (Å²) in [6, 6.07) is 8.24. The number of thiazole rings is 1. The number of halogens is 1. The third kappa shape index (κ3) is 3.39. The Balaban J connectivity index is 2.16. The Hall–Kier alpha value is -0.670. The van der Waals surface area contributed by atoms with E-state index in [1.54, 1.807) is 11.3 Å². The first-order chi connectivity index (χ1) is 8.16. The fourth-order valence-corrected chi connectivity index (χ4v) is 2.93. The highest BCUT2D eigenvalue weighted by Crippen LogP contribution is 2.29. The van der Waals surface area contributed by atoms with Crippen LogP contribution in [0.4, 0.5) is 0 Å². The van der Waals surface area contributed by atoms with Gasteiger partial charge in [-0.3, -0.25) is 0 Å². The second-order valence-corrected chi connectivity index (χ2v) is 6.34. The van der Waals surface area contributed by atoms with Crippen molar-refractivity contribution < 1.29 is 0 Å². The molecule has 1 aromatic carbocycles. The van der Waals surface area contributed by atoms with E-state index in [9.17, 15) is 0 Å². The minimum absolute atomic E-state index is 0.741. The SMILES string of the molecule is CC(C)CCc1nc(-c2ccccc2Br)cs1. The zero-order valence-electron chi connectivity index (χ0n) is 10.1. The summed E-state index contributed by atoms with van der Waals surface area (Å²) in [5.74, 6) is 0.741. The highest BCUT2D eigenvalue weighted by atomic mass is 79.9. The largest absolute Gasteiger partial charge is 0.241 e. The number of aromatic nitrogens is 1. The molecular weight excluding hydrogens is 294 g/mol. The van der Waals surface area contributed by atoms with Crippen LogP contribution in [0.5, 0.6) is 0 Å². The number of hydrogen-bond acceptors (Lipinski definition) is 2. The standard InChI is InChI=1S/C14H16BrNS/c1-10(2)7-8-14-16-13(9-17-14)11-5-3-4-6-12(11)15/h3-6,9-10H,7-8H2,1-2H3. The molecule has 0 aliphatic heterocycles. The average Bonchev–Trinajstić information content (AvgIpc) is 2.75. The Kier molecular flexibility index (Phi) is 4.35. The van der Waals surface area contributed by atoms with Crippen LogP contribution < -0.4 is 0 Å². The molecule has 0 radical (unpaired) electrons. The van der Waals surface area contributed by atoms with Crippen LogP contribution in [0.25, 0.3) is 11.3 Å². The quantitative estimate of drug-likeness (QED) is 0.760. The number of nitrogens with zero attached hydrogens (tertiary/aromatic N) is 1. The maximum Gasteiger partial charge on any atom is 0.0932 e. The van der Waals surface area contributed by atoms with Crippen LogP contribution in [-0.4, -0.2) is 4.98 Å². The van der Waals surface area contributed by atoms with Crippen molar-refractivity contribution >= 4 is 27.3 Å². The van der Waals surface area contributed by atoms with Gasteiger partial charge in [-0.1, -0.05) is 48.0 Å². The lowest BCUT2D eigenvalue weighted by Crippen LogP contribution is -1.91. The van der Waals surface area contributed by atoms with E-state index in [-0.39, 0.29) is 0 Å². The molecule has 0 unspecified atom stereocenters. The highest BCUT2D eigenvalue weighted by Gasteiger charge is 2.07. The van der Waals surface area contributed by atoms with Gasteiger partial charge in [-0.15, -0.1) is 11.3 Å². The van der Waals surface area contributed by atoms with Gasteiger partial charge in [0.2, 0.25) is 0 Å². The fraction of sp³-hybridized carbons (Fsp3) is 0.357. The normalized spacial score (nSPS) is 11.1. The van der Waals surface area contributed by atoms with Crippen LogP contribution in [0, 0.1) is 5.92 Å². The van der Waals surface area contributed by atoms with Gasteiger partial charge >= 0.3 is 0 Å². The molecule has 0 aliphatic carbocycles. The Labute approximate surface area is 115 Å². The summed E-state index contributed by atoms with van der Waals surface area (Å²) in [5.41, 5.74) is 2.26. The molecule has 3 heteroatoms. The van der Waals surface area contributed by atoms with Gasteiger partial charge in [-0.2, -0.15) is 0 Å². The smallest absolute Gasteiger partial charge is 0.0932 e. The van der Waals surface area contributed by atoms with Crippen molar-refractivity contribution in [2.45, 2.75) is 26.7 Å². The molecule has 17 heavy (non-hydrogen) atoms. The first-order valence-corrected chi connectivity index (χ1v) is 7.53. The zero-order valence-corrected chi connectivity index (χ0v) is 12.5. The van der Waals surface area contributed by atoms with Crippen LogP contribution in [0.15, 0.2) is 34.1 Å². The van der Waals surface area contributed by atoms with Crippen molar-refractivity contribution in [2.75, 3.05) is 0 Å². The highest BCUT2D eigenvalue weighted by molar-refractivity contribution is 9.10. The zero-order chi connectivity index (χ0) is 12.3. The van der Waals surface area contributed by atoms with Gasteiger partial charge in [0.05, 0.1) is 10.7 Å². The Morgan fingerprint density at radius 1 is 1.29 bits per heavy atom. The van der Waals surface area contributed by atoms with Gasteiger partial charge in [0.15, 0.2) is 0 Å². The molecule has 90 valence electrons. The van der Waals surface area contributed by atoms with E-state index >= 15 is 0 Å². The van der Waals surface area contributed by atoms with Crippen molar-refractivity contribution in [3.63, 3.8) is 0 Å². The summed E-state index contributed by atoms with van der Waals surface area (Å²) >= 11 is 5.33. The minimum Gasteiger partial charge on any atom is -0.241 e. The van der Waals surface area contributed by atoms with E-state index in [1.165, 1.54) is 17.0 Å². The predicted octanol–water partition coefficient (Wildman–Crippen LogP) is 5.16. The summed E-state index contributed by atoms with van der Waals surface area (Å²) in [7, 11) is 0. The Morgan fingerprint density at radius 2 is 2.06 bits per heavy atom. The van der Waals surface area contributed by atoms with E-state index in [4.69, 9.17) is 4.98 Å². The van der Waals surface area contributed by atoms with E-state index in [2.05, 4.69) is 47.3 Å². The molecule has 0 aliphatic rings. The van der Waals surface area contributed by atoms with Gasteiger partial charge < -0.3 is 0 Å². The van der Waals surface area contributed by atoms with Crippen molar-refractivity contribution in [3.05, 3.63) is 39.1 Å². The van der Waals surface area contributed by atoms with Crippen LogP contribution in [0.1, 0.15) is 25.3 Å². The molecule has 0 atom stereocenters. The second-order valence-electron chi connectivity index (χ2n) is 4.54. The third-order valence-corrected chi connectivity index (χ3v) is 4.24. The lowest BCUT2D eigenvalue weighted by atomic mass is 10.1. The fourth-order valence-electron chi connectivity index (χ4n) is 1.63. The first-order valence-electron chi connectivity index (χ1n) is 5.86. The third-order valence-electron chi connectivity index (χ3n) is 2.64. The number of rotatable bonds is 4. The molecule has 0 fully saturated rings. The maximum absolute atomic E-state index is 4.70. The molecule has 2 rings (SSSR count). The van der Waals surface area contributed by atoms with Gasteiger partial charge in [0.25, 0.3) is 0 Å². The lowest BCUT2D eigenvalue weighted by Gasteiger charge is -2.01. The molecular formula is C14H16BrNS. The summed E-state index contributed by atoms with van der Waals surface area (Å²) in [6.07, 6.45) is 2.30. The summed E-state index contributed by atoms with van der Waals surface area (Å²) < 4.78 is 1.11. The number of benzene rings is 1. The average molecular weight is 310 g/mol. The number of hydrogen-bond donors (Lipinski definition) is 0. The Bertz CT molecular complexity index is 490. The summed E-state index contributed by atoms with van der Waals surface area (Å²) in [6.45, 7) is 4.50. The van der Waals surface area contributed by atoms with Crippen molar-refractivity contribution in [1.82, 2.24) is 4.98 Å². The van der Waals surface area contributed by atoms with Gasteiger partial charge in [0.1, 0.15) is 0 Å². The Morgan fingerprint density at radius 3 is 2.76 bits per heavy atom. The predicted molar refractivity (Wildman–Crippen MR) is 78.4 cm³/mol. The van der Waals surface area contributed by atoms with Crippen LogP contribution >= 0.6 is 27.3 Å². The summed E-state index contributed by atoms with van der Waals surface area (Å²) in [5, 5.41) is 3.39. The van der Waals surface area contributed by atoms with Crippen molar-refractivity contribution in [3.8, 4) is 11.3 Å². The molecule has 0 bridgehead atoms. The van der Waals surface area contributed by atoms with Crippen LogP contribution in [-0.2, 0) is 6.42 Å². The molecule has 1 nitrogen and oxygen atoms in total. The van der Waals surface area contributed by atoms with Gasteiger partial charge in [-0.05, 0) is 24.8 Å². The van der Waals surface area contributed by atoms with Crippen LogP contribution in [0.3, 0.4) is 0 Å². The first kappa shape index (κ1) is 12.8. The molecule has 0 spiro atoms. The molecule has 1 heterocycles. The van der Waals surface area contributed by atoms with Crippen LogP contribution in [0.2, 0.25) is 0 Å². The van der Waals surface area contributed by atoms with E-state index in [1.807, 2.05) is 12.1 Å². The minimum atomic E-state index is 0.741. The second kappa shape index (κ2) is 5.78. The molecule has 0 saturated heterocycles. The molecule has 1 aromatic heterocycles. The topological polar surface area (TPSA) is 12.9 Å². The van der Waals surface area contributed by atoms with Crippen molar-refractivity contribution in [1.29, 1.82) is 0 Å². The summed E-state index contributed by atoms with van der Waals surface area (Å²) in [4.78, 5) is 4.70. The monoisotopic (exact) mass is 309 g/mol. The molecule has 2 aromatic rings. The van der Waals surface area contributed by atoms with E-state index in [0.717, 1.165) is 22.5 Å². The van der Waals surface area contributed by atoms with E-state index in [0.29, 0.717) is 0 Å². The van der Waals surface area contributed by atoms with Crippen molar-refractivity contribution in [2.24, 2.45) is 5.92 Å². The van der Waals surface area contributed by atoms with Gasteiger partial charge in [-0.25, -0.2) is 4.98 Å². The molecule has 0 amide bonds. The lowest BCUT2D eigenvalue weighted by molar-refractivity contribution is 0.585. The molecule has 0 N–H and O–H groups in total. The number of aryl methyl sites for hydroxylation is 1. The maximum atomic E-state index is 4.70. The van der Waals surface area contributed by atoms with E-state index < -0.39 is 0 Å². The molecule has 0 saturated carbocycles. The van der Waals surface area contributed by atoms with Gasteiger partial charge in [0, 0.05) is 15.4 Å².